The molecule has 1 rings (SSSR count). The van der Waals surface area contributed by atoms with Crippen LogP contribution in [0.3, 0.4) is 0 Å². The lowest BCUT2D eigenvalue weighted by Crippen LogP contribution is -2.36. The highest BCUT2D eigenvalue weighted by Gasteiger charge is 2.16. The Bertz CT molecular complexity index is 444. The van der Waals surface area contributed by atoms with Gasteiger partial charge in [-0.1, -0.05) is 0 Å². The van der Waals surface area contributed by atoms with Gasteiger partial charge in [0.2, 0.25) is 0 Å². The number of halogens is 1. The standard InChI is InChI=1S/C13H19FN2O3/c1-13(2,3)15-7-4-8-19-12-6-5-10(14)9-11(12)16(17)18/h5-6,9,15H,4,7-8H2,1-3H3. The van der Waals surface area contributed by atoms with Crippen LogP contribution in [0.4, 0.5) is 10.1 Å². The summed E-state index contributed by atoms with van der Waals surface area (Å²) in [6.07, 6.45) is 0.714. The Labute approximate surface area is 111 Å². The van der Waals surface area contributed by atoms with Gasteiger partial charge in [0, 0.05) is 5.54 Å². The van der Waals surface area contributed by atoms with E-state index in [0.717, 1.165) is 18.7 Å². The lowest BCUT2D eigenvalue weighted by atomic mass is 10.1. The van der Waals surface area contributed by atoms with Crippen molar-refractivity contribution in [3.8, 4) is 5.75 Å². The van der Waals surface area contributed by atoms with Gasteiger partial charge >= 0.3 is 5.69 Å². The van der Waals surface area contributed by atoms with E-state index in [9.17, 15) is 14.5 Å². The molecule has 0 radical (unpaired) electrons. The Kier molecular flexibility index (Phi) is 5.23. The van der Waals surface area contributed by atoms with E-state index in [1.54, 1.807) is 0 Å². The zero-order valence-corrected chi connectivity index (χ0v) is 11.4. The van der Waals surface area contributed by atoms with E-state index < -0.39 is 10.7 Å². The van der Waals surface area contributed by atoms with Crippen molar-refractivity contribution in [3.63, 3.8) is 0 Å². The maximum atomic E-state index is 12.9. The van der Waals surface area contributed by atoms with Crippen molar-refractivity contribution >= 4 is 5.69 Å². The van der Waals surface area contributed by atoms with Gasteiger partial charge in [-0.3, -0.25) is 10.1 Å². The fourth-order valence-electron chi connectivity index (χ4n) is 1.47. The molecule has 0 aromatic heterocycles. The Morgan fingerprint density at radius 2 is 2.11 bits per heavy atom. The first-order valence-electron chi connectivity index (χ1n) is 6.11. The molecule has 0 saturated carbocycles. The molecular weight excluding hydrogens is 251 g/mol. The van der Waals surface area contributed by atoms with E-state index in [-0.39, 0.29) is 17.0 Å². The van der Waals surface area contributed by atoms with Gasteiger partial charge in [0.05, 0.1) is 17.6 Å². The summed E-state index contributed by atoms with van der Waals surface area (Å²) >= 11 is 0. The lowest BCUT2D eigenvalue weighted by molar-refractivity contribution is -0.386. The summed E-state index contributed by atoms with van der Waals surface area (Å²) in [7, 11) is 0. The van der Waals surface area contributed by atoms with Gasteiger partial charge in [0.15, 0.2) is 5.75 Å². The van der Waals surface area contributed by atoms with Crippen molar-refractivity contribution in [2.24, 2.45) is 0 Å². The topological polar surface area (TPSA) is 64.4 Å². The van der Waals surface area contributed by atoms with Crippen LogP contribution in [0.15, 0.2) is 18.2 Å². The third-order valence-corrected chi connectivity index (χ3v) is 2.35. The number of benzene rings is 1. The molecule has 0 aliphatic carbocycles. The Morgan fingerprint density at radius 3 is 2.68 bits per heavy atom. The number of nitro groups is 1. The fourth-order valence-corrected chi connectivity index (χ4v) is 1.47. The number of hydrogen-bond donors (Lipinski definition) is 1. The first-order valence-corrected chi connectivity index (χ1v) is 6.11. The van der Waals surface area contributed by atoms with E-state index in [1.807, 2.05) is 0 Å². The predicted octanol–water partition coefficient (Wildman–Crippen LogP) is 2.89. The monoisotopic (exact) mass is 270 g/mol. The highest BCUT2D eigenvalue weighted by atomic mass is 19.1. The zero-order valence-electron chi connectivity index (χ0n) is 11.4. The van der Waals surface area contributed by atoms with Crippen LogP contribution in [0.2, 0.25) is 0 Å². The maximum absolute atomic E-state index is 12.9. The van der Waals surface area contributed by atoms with Gasteiger partial charge in [-0.2, -0.15) is 0 Å². The molecule has 6 heteroatoms. The SMILES string of the molecule is CC(C)(C)NCCCOc1ccc(F)cc1[N+](=O)[O-]. The average Bonchev–Trinajstić information content (AvgIpc) is 2.28. The van der Waals surface area contributed by atoms with Gasteiger partial charge in [-0.15, -0.1) is 0 Å². The highest BCUT2D eigenvalue weighted by molar-refractivity contribution is 5.46. The minimum Gasteiger partial charge on any atom is -0.487 e. The van der Waals surface area contributed by atoms with E-state index in [4.69, 9.17) is 4.74 Å². The van der Waals surface area contributed by atoms with E-state index >= 15 is 0 Å². The molecule has 106 valence electrons. The van der Waals surface area contributed by atoms with E-state index in [1.165, 1.54) is 6.07 Å². The second-order valence-corrected chi connectivity index (χ2v) is 5.25. The quantitative estimate of drug-likeness (QED) is 0.490. The molecule has 19 heavy (non-hydrogen) atoms. The Morgan fingerprint density at radius 1 is 1.42 bits per heavy atom. The molecule has 0 amide bonds. The third kappa shape index (κ3) is 5.65. The normalized spacial score (nSPS) is 11.4. The molecule has 0 heterocycles. The van der Waals surface area contributed by atoms with Crippen LogP contribution in [-0.4, -0.2) is 23.6 Å². The zero-order chi connectivity index (χ0) is 14.5. The molecule has 5 nitrogen and oxygen atoms in total. The largest absolute Gasteiger partial charge is 0.487 e. The van der Waals surface area contributed by atoms with Gasteiger partial charge in [-0.05, 0) is 45.9 Å². The smallest absolute Gasteiger partial charge is 0.313 e. The van der Waals surface area contributed by atoms with Crippen molar-refractivity contribution in [2.75, 3.05) is 13.2 Å². The first-order chi connectivity index (χ1) is 8.79. The summed E-state index contributed by atoms with van der Waals surface area (Å²) in [6.45, 7) is 7.25. The summed E-state index contributed by atoms with van der Waals surface area (Å²) in [6, 6.07) is 3.29. The average molecular weight is 270 g/mol. The molecule has 0 bridgehead atoms. The third-order valence-electron chi connectivity index (χ3n) is 2.35. The number of nitrogens with one attached hydrogen (secondary N) is 1. The summed E-state index contributed by atoms with van der Waals surface area (Å²) < 4.78 is 18.2. The van der Waals surface area contributed by atoms with E-state index in [0.29, 0.717) is 13.0 Å². The minimum absolute atomic E-state index is 0.0296. The molecule has 1 aromatic carbocycles. The molecule has 0 aliphatic rings. The van der Waals surface area contributed by atoms with Gasteiger partial charge < -0.3 is 10.1 Å². The van der Waals surface area contributed by atoms with Gasteiger partial charge in [-0.25, -0.2) is 4.39 Å². The van der Waals surface area contributed by atoms with Crippen molar-refractivity contribution in [1.82, 2.24) is 5.32 Å². The second-order valence-electron chi connectivity index (χ2n) is 5.25. The maximum Gasteiger partial charge on any atom is 0.313 e. The molecule has 0 fully saturated rings. The number of nitro benzene ring substituents is 1. The van der Waals surface area contributed by atoms with Crippen LogP contribution in [0.5, 0.6) is 5.75 Å². The summed E-state index contributed by atoms with van der Waals surface area (Å²) in [5.41, 5.74) is -0.314. The Balaban J connectivity index is 2.47. The number of rotatable bonds is 6. The van der Waals surface area contributed by atoms with E-state index in [2.05, 4.69) is 26.1 Å². The molecule has 0 saturated heterocycles. The van der Waals surface area contributed by atoms with Crippen LogP contribution < -0.4 is 10.1 Å². The molecule has 0 aliphatic heterocycles. The van der Waals surface area contributed by atoms with Crippen molar-refractivity contribution in [3.05, 3.63) is 34.1 Å². The summed E-state index contributed by atoms with van der Waals surface area (Å²) in [5, 5.41) is 14.0. The molecule has 0 atom stereocenters. The molecule has 0 unspecified atom stereocenters. The predicted molar refractivity (Wildman–Crippen MR) is 70.9 cm³/mol. The second kappa shape index (κ2) is 6.47. The van der Waals surface area contributed by atoms with Gasteiger partial charge in [0.25, 0.3) is 0 Å². The highest BCUT2D eigenvalue weighted by Crippen LogP contribution is 2.27. The minimum atomic E-state index is -0.647. The van der Waals surface area contributed by atoms with Crippen LogP contribution >= 0.6 is 0 Å². The molecule has 1 N–H and O–H groups in total. The molecule has 1 aromatic rings. The van der Waals surface area contributed by atoms with Crippen LogP contribution in [0, 0.1) is 15.9 Å². The summed E-state index contributed by atoms with van der Waals surface area (Å²) in [4.78, 5) is 10.1. The Hall–Kier alpha value is -1.69. The molecule has 0 spiro atoms. The molecular formula is C13H19FN2O3. The lowest BCUT2D eigenvalue weighted by Gasteiger charge is -2.20. The number of nitrogens with zero attached hydrogens (tertiary/aromatic N) is 1. The van der Waals surface area contributed by atoms with Crippen LogP contribution in [-0.2, 0) is 0 Å². The summed E-state index contributed by atoms with van der Waals surface area (Å²) in [5.74, 6) is -0.546. The van der Waals surface area contributed by atoms with Crippen LogP contribution in [0.1, 0.15) is 27.2 Å². The van der Waals surface area contributed by atoms with Crippen molar-refractivity contribution < 1.29 is 14.1 Å². The fraction of sp³-hybridized carbons (Fsp3) is 0.538. The first kappa shape index (κ1) is 15.4. The number of hydrogen-bond acceptors (Lipinski definition) is 4. The van der Waals surface area contributed by atoms with Crippen molar-refractivity contribution in [1.29, 1.82) is 0 Å². The van der Waals surface area contributed by atoms with Gasteiger partial charge in [0.1, 0.15) is 5.82 Å². The number of ether oxygens (including phenoxy) is 1. The van der Waals surface area contributed by atoms with Crippen LogP contribution in [0.25, 0.3) is 0 Å². The van der Waals surface area contributed by atoms with Crippen molar-refractivity contribution in [2.45, 2.75) is 32.7 Å².